The first-order chi connectivity index (χ1) is 6.27. The Balaban J connectivity index is 0.000000980. The third kappa shape index (κ3) is 2.27. The van der Waals surface area contributed by atoms with Gasteiger partial charge in [0, 0.05) is 0 Å². The molecule has 1 aliphatic rings. The van der Waals surface area contributed by atoms with Gasteiger partial charge in [-0.3, -0.25) is 0 Å². The van der Waals surface area contributed by atoms with Crippen molar-refractivity contribution in [3.63, 3.8) is 0 Å². The number of rotatable bonds is 1. The molecule has 0 spiro atoms. The van der Waals surface area contributed by atoms with Gasteiger partial charge in [-0.15, -0.1) is 26.9 Å². The van der Waals surface area contributed by atoms with E-state index >= 15 is 0 Å². The number of halogens is 1. The molecular formula is C9H16BrN3O. The summed E-state index contributed by atoms with van der Waals surface area (Å²) in [5.74, 6) is 0.571. The van der Waals surface area contributed by atoms with Gasteiger partial charge >= 0.3 is 0 Å². The van der Waals surface area contributed by atoms with Crippen molar-refractivity contribution in [3.05, 3.63) is 17.5 Å². The molecule has 2 N–H and O–H groups in total. The van der Waals surface area contributed by atoms with Gasteiger partial charge in [0.05, 0.1) is 11.9 Å². The maximum Gasteiger partial charge on any atom is 0.0702 e. The first kappa shape index (κ1) is 11.5. The molecule has 0 aliphatic carbocycles. The predicted octanol–water partition coefficient (Wildman–Crippen LogP) is 1.47. The highest BCUT2D eigenvalue weighted by molar-refractivity contribution is 8.93. The number of piperidine rings is 1. The lowest BCUT2D eigenvalue weighted by Gasteiger charge is -2.21. The standard InChI is InChI=1S/C9H15N3O.BrH/c1-7-9(6-12(13)11-7)8-2-4-10-5-3-8;/h6,8,10,13H,2-5H2,1H3;1H. The van der Waals surface area contributed by atoms with Crippen molar-refractivity contribution in [2.24, 2.45) is 0 Å². The molecule has 0 radical (unpaired) electrons. The second-order valence-corrected chi connectivity index (χ2v) is 3.61. The third-order valence-electron chi connectivity index (χ3n) is 2.70. The molecule has 0 atom stereocenters. The van der Waals surface area contributed by atoms with Gasteiger partial charge < -0.3 is 10.5 Å². The monoisotopic (exact) mass is 261 g/mol. The second-order valence-electron chi connectivity index (χ2n) is 3.61. The van der Waals surface area contributed by atoms with Crippen LogP contribution in [0, 0.1) is 6.92 Å². The molecule has 1 saturated heterocycles. The average molecular weight is 262 g/mol. The SMILES string of the molecule is Br.Cc1nn(O)cc1C1CCNCC1. The van der Waals surface area contributed by atoms with E-state index < -0.39 is 0 Å². The van der Waals surface area contributed by atoms with Crippen LogP contribution in [0.2, 0.25) is 0 Å². The smallest absolute Gasteiger partial charge is 0.0702 e. The van der Waals surface area contributed by atoms with Crippen LogP contribution < -0.4 is 5.32 Å². The maximum atomic E-state index is 9.15. The zero-order valence-electron chi connectivity index (χ0n) is 8.23. The Kier molecular flexibility index (Phi) is 3.95. The number of aromatic nitrogens is 2. The number of aryl methyl sites for hydroxylation is 1. The lowest BCUT2D eigenvalue weighted by atomic mass is 9.91. The van der Waals surface area contributed by atoms with E-state index in [0.717, 1.165) is 36.5 Å². The summed E-state index contributed by atoms with van der Waals surface area (Å²) in [5, 5.41) is 16.4. The van der Waals surface area contributed by atoms with Gasteiger partial charge in [-0.1, -0.05) is 0 Å². The van der Waals surface area contributed by atoms with Crippen LogP contribution in [-0.4, -0.2) is 28.2 Å². The highest BCUT2D eigenvalue weighted by atomic mass is 79.9. The van der Waals surface area contributed by atoms with Crippen LogP contribution in [0.3, 0.4) is 0 Å². The predicted molar refractivity (Wildman–Crippen MR) is 59.3 cm³/mol. The number of nitrogens with zero attached hydrogens (tertiary/aromatic N) is 2. The largest absolute Gasteiger partial charge is 0.412 e. The highest BCUT2D eigenvalue weighted by Crippen LogP contribution is 2.26. The summed E-state index contributed by atoms with van der Waals surface area (Å²) in [6.45, 7) is 4.09. The molecule has 0 unspecified atom stereocenters. The van der Waals surface area contributed by atoms with Crippen molar-refractivity contribution in [1.82, 2.24) is 15.3 Å². The normalized spacial score (nSPS) is 17.8. The Bertz CT molecular complexity index is 294. The van der Waals surface area contributed by atoms with Gasteiger partial charge in [-0.05, 0) is 44.3 Å². The highest BCUT2D eigenvalue weighted by Gasteiger charge is 2.19. The third-order valence-corrected chi connectivity index (χ3v) is 2.70. The molecule has 1 fully saturated rings. The van der Waals surface area contributed by atoms with E-state index in [1.54, 1.807) is 6.20 Å². The van der Waals surface area contributed by atoms with Crippen molar-refractivity contribution in [3.8, 4) is 0 Å². The van der Waals surface area contributed by atoms with Crippen molar-refractivity contribution in [2.75, 3.05) is 13.1 Å². The van der Waals surface area contributed by atoms with Crippen LogP contribution in [0.5, 0.6) is 0 Å². The van der Waals surface area contributed by atoms with Crippen molar-refractivity contribution < 1.29 is 5.21 Å². The Morgan fingerprint density at radius 2 is 2.14 bits per heavy atom. The summed E-state index contributed by atoms with van der Waals surface area (Å²) < 4.78 is 0. The van der Waals surface area contributed by atoms with Crippen molar-refractivity contribution in [2.45, 2.75) is 25.7 Å². The second kappa shape index (κ2) is 4.79. The van der Waals surface area contributed by atoms with E-state index in [1.807, 2.05) is 6.92 Å². The molecule has 0 saturated carbocycles. The van der Waals surface area contributed by atoms with E-state index in [1.165, 1.54) is 5.56 Å². The van der Waals surface area contributed by atoms with Gasteiger partial charge in [0.2, 0.25) is 0 Å². The van der Waals surface area contributed by atoms with Crippen LogP contribution in [0.15, 0.2) is 6.20 Å². The van der Waals surface area contributed by atoms with Gasteiger partial charge in [-0.2, -0.15) is 0 Å². The van der Waals surface area contributed by atoms with Gasteiger partial charge in [0.25, 0.3) is 0 Å². The minimum atomic E-state index is 0. The molecule has 2 heterocycles. The van der Waals surface area contributed by atoms with Crippen LogP contribution in [0.4, 0.5) is 0 Å². The van der Waals surface area contributed by atoms with Crippen molar-refractivity contribution >= 4 is 17.0 Å². The quantitative estimate of drug-likeness (QED) is 0.753. The molecule has 1 aromatic heterocycles. The summed E-state index contributed by atoms with van der Waals surface area (Å²) >= 11 is 0. The number of hydrogen-bond acceptors (Lipinski definition) is 3. The lowest BCUT2D eigenvalue weighted by molar-refractivity contribution is 0.147. The average Bonchev–Trinajstić information content (AvgIpc) is 2.47. The molecule has 0 bridgehead atoms. The van der Waals surface area contributed by atoms with Crippen LogP contribution in [-0.2, 0) is 0 Å². The summed E-state index contributed by atoms with van der Waals surface area (Å²) in [5.41, 5.74) is 2.15. The Labute approximate surface area is 94.0 Å². The van der Waals surface area contributed by atoms with Gasteiger partial charge in [0.1, 0.15) is 0 Å². The molecular weight excluding hydrogens is 246 g/mol. The van der Waals surface area contributed by atoms with E-state index in [-0.39, 0.29) is 17.0 Å². The number of hydrogen-bond donors (Lipinski definition) is 2. The molecule has 14 heavy (non-hydrogen) atoms. The van der Waals surface area contributed by atoms with Crippen LogP contribution in [0.1, 0.15) is 30.0 Å². The summed E-state index contributed by atoms with van der Waals surface area (Å²) in [7, 11) is 0. The van der Waals surface area contributed by atoms with Crippen LogP contribution in [0.25, 0.3) is 0 Å². The molecule has 1 aromatic rings. The summed E-state index contributed by atoms with van der Waals surface area (Å²) in [6.07, 6.45) is 4.02. The minimum Gasteiger partial charge on any atom is -0.412 e. The van der Waals surface area contributed by atoms with E-state index in [2.05, 4.69) is 10.4 Å². The van der Waals surface area contributed by atoms with Crippen LogP contribution >= 0.6 is 17.0 Å². The Morgan fingerprint density at radius 3 is 2.64 bits per heavy atom. The maximum absolute atomic E-state index is 9.15. The van der Waals surface area contributed by atoms with Gasteiger partial charge in [0.15, 0.2) is 0 Å². The molecule has 0 amide bonds. The van der Waals surface area contributed by atoms with E-state index in [4.69, 9.17) is 5.21 Å². The zero-order chi connectivity index (χ0) is 9.26. The van der Waals surface area contributed by atoms with E-state index in [9.17, 15) is 0 Å². The fourth-order valence-electron chi connectivity index (χ4n) is 1.99. The minimum absolute atomic E-state index is 0. The lowest BCUT2D eigenvalue weighted by Crippen LogP contribution is -2.26. The zero-order valence-corrected chi connectivity index (χ0v) is 9.95. The fourth-order valence-corrected chi connectivity index (χ4v) is 1.99. The van der Waals surface area contributed by atoms with Crippen molar-refractivity contribution in [1.29, 1.82) is 0 Å². The first-order valence-corrected chi connectivity index (χ1v) is 4.73. The summed E-state index contributed by atoms with van der Waals surface area (Å²) in [4.78, 5) is 0.923. The molecule has 2 rings (SSSR count). The van der Waals surface area contributed by atoms with Gasteiger partial charge in [-0.25, -0.2) is 0 Å². The Morgan fingerprint density at radius 1 is 1.50 bits per heavy atom. The molecule has 4 nitrogen and oxygen atoms in total. The molecule has 80 valence electrons. The molecule has 1 aliphatic heterocycles. The topological polar surface area (TPSA) is 50.1 Å². The number of nitrogens with one attached hydrogen (secondary N) is 1. The summed E-state index contributed by atoms with van der Waals surface area (Å²) in [6, 6.07) is 0. The molecule has 0 aromatic carbocycles. The fraction of sp³-hybridized carbons (Fsp3) is 0.667. The van der Waals surface area contributed by atoms with E-state index in [0.29, 0.717) is 5.92 Å². The molecule has 5 heteroatoms. The first-order valence-electron chi connectivity index (χ1n) is 4.73. The Hall–Kier alpha value is -0.550.